The first-order valence-electron chi connectivity index (χ1n) is 24.6. The number of hydrogen-bond acceptors (Lipinski definition) is 11. The van der Waals surface area contributed by atoms with Crippen molar-refractivity contribution in [3.8, 4) is 17.6 Å². The molecule has 7 atom stereocenters. The minimum Gasteiger partial charge on any atom is -0.491 e. The van der Waals surface area contributed by atoms with E-state index < -0.39 is 71.5 Å². The second-order valence-electron chi connectivity index (χ2n) is 18.5. The van der Waals surface area contributed by atoms with Gasteiger partial charge in [-0.3, -0.25) is 19.3 Å². The highest BCUT2D eigenvalue weighted by molar-refractivity contribution is 6.25. The maximum atomic E-state index is 16.8. The van der Waals surface area contributed by atoms with E-state index in [-0.39, 0.29) is 31.0 Å². The van der Waals surface area contributed by atoms with E-state index in [2.05, 4.69) is 32.7 Å². The predicted octanol–water partition coefficient (Wildman–Crippen LogP) is 6.69. The van der Waals surface area contributed by atoms with E-state index in [1.807, 2.05) is 115 Å². The molecule has 4 aliphatic rings. The molecule has 3 fully saturated rings. The van der Waals surface area contributed by atoms with Crippen LogP contribution in [-0.2, 0) is 29.3 Å². The summed E-state index contributed by atoms with van der Waals surface area (Å²) in [7, 11) is 0. The highest BCUT2D eigenvalue weighted by atomic mass is 16.6. The lowest BCUT2D eigenvalue weighted by Crippen LogP contribution is -2.55. The number of nitrogens with two attached hydrogens (primary N) is 1. The van der Waals surface area contributed by atoms with Gasteiger partial charge in [-0.1, -0.05) is 115 Å². The number of aliphatic hydroxyl groups is 1. The maximum Gasteiger partial charge on any atom is 0.329 e. The quantitative estimate of drug-likeness (QED) is 0.0646. The molecule has 1 spiro atoms. The Morgan fingerprint density at radius 3 is 2.14 bits per heavy atom. The minimum absolute atomic E-state index is 0.0212. The Balaban J connectivity index is 1.22. The summed E-state index contributed by atoms with van der Waals surface area (Å²) in [6.45, 7) is 4.07. The lowest BCUT2D eigenvalue weighted by atomic mass is 9.65. The molecule has 0 saturated carbocycles. The van der Waals surface area contributed by atoms with Gasteiger partial charge < -0.3 is 45.9 Å². The molecule has 6 aromatic rings. The van der Waals surface area contributed by atoms with Crippen LogP contribution in [0, 0.1) is 17.8 Å². The standard InChI is InChI=1S/C58H55N7O9/c1-37(39-13-5-2-6-14-39)61-57(71)64-47-28-19-38(12-11-29-60-56(59)70)36-46(47)58(55(64)69)48(53(67)62-43-22-24-44(25-23-43)63-30-33-72-34-31-63)50-54(68)74-51(41-17-9-4-10-18-41)49(40-15-7-3-8-16-40)65(50)52(58)42-20-26-45(27-21-42)73-35-32-66/h2-10,13-28,36-37,48-52,66H,29-35H2,1H3,(H,61,71)(H,62,67)(H3,59,60,70)/t37-,48+,49+,50+,51-,52-,58+/m0/s1. The molecule has 4 aliphatic heterocycles. The number of carbonyl (C=O) groups excluding carboxylic acids is 5. The fraction of sp³-hybridized carbons (Fsp3) is 0.259. The molecule has 0 unspecified atom stereocenters. The van der Waals surface area contributed by atoms with Crippen LogP contribution in [0.25, 0.3) is 0 Å². The summed E-state index contributed by atoms with van der Waals surface area (Å²) in [5.41, 5.74) is 8.17. The molecule has 6 amide bonds. The third-order valence-electron chi connectivity index (χ3n) is 14.2. The number of carbonyl (C=O) groups is 5. The fourth-order valence-corrected chi connectivity index (χ4v) is 11.0. The van der Waals surface area contributed by atoms with Gasteiger partial charge in [0.1, 0.15) is 29.9 Å². The number of hydrogen-bond donors (Lipinski definition) is 5. The van der Waals surface area contributed by atoms with Gasteiger partial charge in [-0.15, -0.1) is 0 Å². The second kappa shape index (κ2) is 21.3. The molecule has 10 rings (SSSR count). The number of ether oxygens (including phenoxy) is 3. The average molecular weight is 994 g/mol. The highest BCUT2D eigenvalue weighted by Crippen LogP contribution is 2.66. The van der Waals surface area contributed by atoms with Gasteiger partial charge in [-0.25, -0.2) is 14.5 Å². The highest BCUT2D eigenvalue weighted by Gasteiger charge is 2.75. The molecular weight excluding hydrogens is 939 g/mol. The normalized spacial score (nSPS) is 22.4. The summed E-state index contributed by atoms with van der Waals surface area (Å²) in [5, 5.41) is 18.3. The summed E-state index contributed by atoms with van der Waals surface area (Å²) < 4.78 is 18.1. The summed E-state index contributed by atoms with van der Waals surface area (Å²) in [6.07, 6.45) is -0.944. The van der Waals surface area contributed by atoms with Crippen molar-refractivity contribution in [3.63, 3.8) is 0 Å². The van der Waals surface area contributed by atoms with Crippen LogP contribution in [0.15, 0.2) is 158 Å². The monoisotopic (exact) mass is 993 g/mol. The van der Waals surface area contributed by atoms with Crippen LogP contribution >= 0.6 is 0 Å². The summed E-state index contributed by atoms with van der Waals surface area (Å²) in [4.78, 5) is 80.5. The van der Waals surface area contributed by atoms with Crippen LogP contribution in [0.2, 0.25) is 0 Å². The van der Waals surface area contributed by atoms with E-state index in [0.29, 0.717) is 54.4 Å². The number of primary amides is 1. The second-order valence-corrected chi connectivity index (χ2v) is 18.5. The molecule has 0 bridgehead atoms. The molecule has 0 aromatic heterocycles. The van der Waals surface area contributed by atoms with Crippen molar-refractivity contribution in [2.24, 2.45) is 11.7 Å². The van der Waals surface area contributed by atoms with Crippen LogP contribution in [-0.4, -0.2) is 92.0 Å². The van der Waals surface area contributed by atoms with Crippen LogP contribution < -0.4 is 36.2 Å². The molecule has 3 saturated heterocycles. The van der Waals surface area contributed by atoms with Crippen molar-refractivity contribution in [1.29, 1.82) is 0 Å². The van der Waals surface area contributed by atoms with Gasteiger partial charge in [0.25, 0.3) is 0 Å². The lowest BCUT2D eigenvalue weighted by Gasteiger charge is -2.46. The first-order valence-corrected chi connectivity index (χ1v) is 24.6. The molecule has 16 nitrogen and oxygen atoms in total. The molecule has 376 valence electrons. The SMILES string of the molecule is C[C@H](NC(=O)N1C(=O)[C@@]2(c3cc(C#CCNC(N)=O)ccc31)[C@H](c1ccc(OCCO)cc1)N1[C@H](c3ccccc3)[C@H](c3ccccc3)OC(=O)[C@H]1[C@@H]2C(=O)Nc1ccc(N2CCOCC2)cc1)c1ccccc1. The predicted molar refractivity (Wildman–Crippen MR) is 277 cm³/mol. The third kappa shape index (κ3) is 9.28. The van der Waals surface area contributed by atoms with Crippen molar-refractivity contribution < 1.29 is 43.3 Å². The number of nitrogens with one attached hydrogen (secondary N) is 3. The van der Waals surface area contributed by atoms with Gasteiger partial charge in [0.15, 0.2) is 0 Å². The number of anilines is 3. The Kier molecular flexibility index (Phi) is 14.1. The van der Waals surface area contributed by atoms with E-state index in [9.17, 15) is 9.90 Å². The van der Waals surface area contributed by atoms with Gasteiger partial charge in [0.2, 0.25) is 11.8 Å². The molecule has 0 aliphatic carbocycles. The first-order chi connectivity index (χ1) is 36.1. The van der Waals surface area contributed by atoms with Gasteiger partial charge >= 0.3 is 18.0 Å². The van der Waals surface area contributed by atoms with Crippen LogP contribution in [0.3, 0.4) is 0 Å². The van der Waals surface area contributed by atoms with E-state index >= 15 is 19.2 Å². The van der Waals surface area contributed by atoms with Crippen molar-refractivity contribution in [2.45, 2.75) is 42.6 Å². The summed E-state index contributed by atoms with van der Waals surface area (Å²) in [5.74, 6) is 2.66. The Labute approximate surface area is 428 Å². The number of cyclic esters (lactones) is 1. The van der Waals surface area contributed by atoms with Gasteiger partial charge in [0.05, 0.1) is 56.1 Å². The Morgan fingerprint density at radius 2 is 1.47 bits per heavy atom. The van der Waals surface area contributed by atoms with Crippen LogP contribution in [0.4, 0.5) is 26.7 Å². The number of nitrogens with zero attached hydrogens (tertiary/aromatic N) is 3. The van der Waals surface area contributed by atoms with Crippen molar-refractivity contribution in [1.82, 2.24) is 15.5 Å². The topological polar surface area (TPSA) is 205 Å². The number of morpholine rings is 2. The van der Waals surface area contributed by atoms with Gasteiger partial charge in [-0.2, -0.15) is 0 Å². The lowest BCUT2D eigenvalue weighted by molar-refractivity contribution is -0.177. The number of fused-ring (bicyclic) bond motifs is 3. The Hall–Kier alpha value is -8.49. The van der Waals surface area contributed by atoms with Crippen LogP contribution in [0.1, 0.15) is 64.5 Å². The van der Waals surface area contributed by atoms with Gasteiger partial charge in [-0.05, 0) is 89.3 Å². The smallest absolute Gasteiger partial charge is 0.329 e. The zero-order chi connectivity index (χ0) is 51.3. The first kappa shape index (κ1) is 49.1. The van der Waals surface area contributed by atoms with E-state index in [1.54, 1.807) is 54.6 Å². The Bertz CT molecular complexity index is 3090. The van der Waals surface area contributed by atoms with Crippen molar-refractivity contribution in [2.75, 3.05) is 61.2 Å². The minimum atomic E-state index is -2.08. The third-order valence-corrected chi connectivity index (χ3v) is 14.2. The van der Waals surface area contributed by atoms with Crippen LogP contribution in [0.5, 0.6) is 5.75 Å². The van der Waals surface area contributed by atoms with Gasteiger partial charge in [0, 0.05) is 30.0 Å². The largest absolute Gasteiger partial charge is 0.491 e. The zero-order valence-electron chi connectivity index (χ0n) is 40.6. The molecule has 0 radical (unpaired) electrons. The molecular formula is C58H55N7O9. The van der Waals surface area contributed by atoms with E-state index in [4.69, 9.17) is 19.9 Å². The number of urea groups is 2. The van der Waals surface area contributed by atoms with E-state index in [1.165, 1.54) is 0 Å². The maximum absolute atomic E-state index is 16.8. The van der Waals surface area contributed by atoms with Crippen molar-refractivity contribution in [3.05, 3.63) is 191 Å². The zero-order valence-corrected chi connectivity index (χ0v) is 40.6. The average Bonchev–Trinajstić information content (AvgIpc) is 3.97. The number of aliphatic hydroxyl groups excluding tert-OH is 1. The number of esters is 1. The molecule has 4 heterocycles. The molecule has 74 heavy (non-hydrogen) atoms. The number of rotatable bonds is 12. The molecule has 16 heteroatoms. The summed E-state index contributed by atoms with van der Waals surface area (Å²) >= 11 is 0. The fourth-order valence-electron chi connectivity index (χ4n) is 11.0. The van der Waals surface area contributed by atoms with E-state index in [0.717, 1.165) is 21.7 Å². The number of benzene rings is 6. The Morgan fingerprint density at radius 1 is 0.811 bits per heavy atom. The molecule has 6 aromatic carbocycles. The molecule has 6 N–H and O–H groups in total. The van der Waals surface area contributed by atoms with Crippen molar-refractivity contribution >= 4 is 46.9 Å². The number of amides is 6. The summed E-state index contributed by atoms with van der Waals surface area (Å²) in [6, 6.07) is 42.0. The number of imide groups is 1.